The van der Waals surface area contributed by atoms with Crippen LogP contribution in [0, 0.1) is 6.92 Å². The predicted octanol–water partition coefficient (Wildman–Crippen LogP) is 4.84. The standard InChI is InChI=1S/C26H43N3O4S/c1-9-10-16-29(22(23(30)27-18(2)3)20-13-11-19(4)12-14-20)24(31)21(15-17-34-8)28-25(32)33-26(5,6)7/h11-14,18,21-22H,9-10,15-17H2,1-8H3,(H,27,30)(H,28,32). The average molecular weight is 494 g/mol. The molecule has 0 aliphatic rings. The summed E-state index contributed by atoms with van der Waals surface area (Å²) in [4.78, 5) is 41.4. The molecule has 1 aromatic rings. The second kappa shape index (κ2) is 14.2. The lowest BCUT2D eigenvalue weighted by atomic mass is 10.0. The van der Waals surface area contributed by atoms with Crippen molar-refractivity contribution in [2.45, 2.75) is 91.5 Å². The minimum Gasteiger partial charge on any atom is -0.444 e. The zero-order valence-electron chi connectivity index (χ0n) is 22.1. The number of hydrogen-bond donors (Lipinski definition) is 2. The van der Waals surface area contributed by atoms with Crippen LogP contribution in [0.3, 0.4) is 0 Å². The minimum absolute atomic E-state index is 0.0734. The molecule has 0 saturated heterocycles. The topological polar surface area (TPSA) is 87.7 Å². The first-order valence-electron chi connectivity index (χ1n) is 12.1. The fourth-order valence-electron chi connectivity index (χ4n) is 3.42. The highest BCUT2D eigenvalue weighted by Crippen LogP contribution is 2.25. The van der Waals surface area contributed by atoms with Crippen molar-refractivity contribution in [3.05, 3.63) is 35.4 Å². The van der Waals surface area contributed by atoms with E-state index in [1.807, 2.05) is 58.2 Å². The Morgan fingerprint density at radius 3 is 2.21 bits per heavy atom. The lowest BCUT2D eigenvalue weighted by molar-refractivity contribution is -0.142. The van der Waals surface area contributed by atoms with Crippen LogP contribution in [0.4, 0.5) is 4.79 Å². The van der Waals surface area contributed by atoms with Gasteiger partial charge in [0.2, 0.25) is 11.8 Å². The maximum Gasteiger partial charge on any atom is 0.408 e. The van der Waals surface area contributed by atoms with Gasteiger partial charge in [-0.2, -0.15) is 11.8 Å². The van der Waals surface area contributed by atoms with Gasteiger partial charge in [-0.05, 0) is 72.0 Å². The Hall–Kier alpha value is -2.22. The molecule has 2 unspecified atom stereocenters. The molecule has 0 aliphatic heterocycles. The molecule has 0 bridgehead atoms. The third-order valence-electron chi connectivity index (χ3n) is 5.02. The number of ether oxygens (including phenoxy) is 1. The molecule has 2 N–H and O–H groups in total. The van der Waals surface area contributed by atoms with Crippen LogP contribution in [0.2, 0.25) is 0 Å². The van der Waals surface area contributed by atoms with E-state index in [4.69, 9.17) is 4.74 Å². The molecule has 0 aromatic heterocycles. The van der Waals surface area contributed by atoms with Crippen LogP contribution in [0.25, 0.3) is 0 Å². The molecular weight excluding hydrogens is 450 g/mol. The average Bonchev–Trinajstić information content (AvgIpc) is 2.72. The molecule has 0 fully saturated rings. The van der Waals surface area contributed by atoms with E-state index in [0.29, 0.717) is 18.7 Å². The van der Waals surface area contributed by atoms with Gasteiger partial charge in [-0.1, -0.05) is 43.2 Å². The monoisotopic (exact) mass is 493 g/mol. The second-order valence-corrected chi connectivity index (χ2v) is 10.8. The summed E-state index contributed by atoms with van der Waals surface area (Å²) in [5.74, 6) is 0.170. The molecule has 1 rings (SSSR count). The first kappa shape index (κ1) is 29.8. The summed E-state index contributed by atoms with van der Waals surface area (Å²) < 4.78 is 5.41. The molecule has 3 amide bonds. The number of carbonyl (C=O) groups excluding carboxylic acids is 3. The Labute approximate surface area is 209 Å². The Morgan fingerprint density at radius 1 is 1.09 bits per heavy atom. The molecule has 8 heteroatoms. The number of benzene rings is 1. The molecule has 1 aromatic carbocycles. The molecule has 7 nitrogen and oxygen atoms in total. The van der Waals surface area contributed by atoms with Crippen molar-refractivity contribution in [2.24, 2.45) is 0 Å². The molecule has 34 heavy (non-hydrogen) atoms. The first-order valence-corrected chi connectivity index (χ1v) is 13.4. The van der Waals surface area contributed by atoms with Crippen molar-refractivity contribution in [3.63, 3.8) is 0 Å². The maximum atomic E-state index is 13.9. The zero-order valence-corrected chi connectivity index (χ0v) is 22.9. The van der Waals surface area contributed by atoms with Gasteiger partial charge in [0, 0.05) is 12.6 Å². The van der Waals surface area contributed by atoms with Crippen molar-refractivity contribution in [2.75, 3.05) is 18.6 Å². The Morgan fingerprint density at radius 2 is 1.71 bits per heavy atom. The molecular formula is C26H43N3O4S. The largest absolute Gasteiger partial charge is 0.444 e. The van der Waals surface area contributed by atoms with Crippen LogP contribution < -0.4 is 10.6 Å². The predicted molar refractivity (Wildman–Crippen MR) is 140 cm³/mol. The van der Waals surface area contributed by atoms with Crippen molar-refractivity contribution in [1.29, 1.82) is 0 Å². The van der Waals surface area contributed by atoms with Crippen molar-refractivity contribution in [1.82, 2.24) is 15.5 Å². The third-order valence-corrected chi connectivity index (χ3v) is 5.66. The van der Waals surface area contributed by atoms with Crippen LogP contribution in [0.5, 0.6) is 0 Å². The number of unbranched alkanes of at least 4 members (excludes halogenated alkanes) is 1. The Bertz CT molecular complexity index is 790. The van der Waals surface area contributed by atoms with Gasteiger partial charge in [-0.15, -0.1) is 0 Å². The lowest BCUT2D eigenvalue weighted by Crippen LogP contribution is -2.53. The number of alkyl carbamates (subject to hydrolysis) is 1. The number of thioether (sulfide) groups is 1. The normalized spacial score (nSPS) is 13.2. The van der Waals surface area contributed by atoms with E-state index in [1.54, 1.807) is 37.4 Å². The van der Waals surface area contributed by atoms with E-state index >= 15 is 0 Å². The summed E-state index contributed by atoms with van der Waals surface area (Å²) >= 11 is 1.60. The Kier molecular flexibility index (Phi) is 12.5. The number of carbonyl (C=O) groups is 3. The number of hydrogen-bond acceptors (Lipinski definition) is 5. The quantitative estimate of drug-likeness (QED) is 0.435. The second-order valence-electron chi connectivity index (χ2n) is 9.84. The van der Waals surface area contributed by atoms with Gasteiger partial charge in [0.1, 0.15) is 17.7 Å². The van der Waals surface area contributed by atoms with Gasteiger partial charge in [0.25, 0.3) is 0 Å². The minimum atomic E-state index is -0.793. The number of nitrogens with one attached hydrogen (secondary N) is 2. The van der Waals surface area contributed by atoms with Crippen LogP contribution in [0.15, 0.2) is 24.3 Å². The summed E-state index contributed by atoms with van der Waals surface area (Å²) in [6, 6.07) is 6.01. The summed E-state index contributed by atoms with van der Waals surface area (Å²) in [6.07, 6.45) is 3.36. The summed E-state index contributed by atoms with van der Waals surface area (Å²) in [5.41, 5.74) is 1.14. The summed E-state index contributed by atoms with van der Waals surface area (Å²) in [6.45, 7) is 13.6. The van der Waals surface area contributed by atoms with E-state index in [2.05, 4.69) is 10.6 Å². The fourth-order valence-corrected chi connectivity index (χ4v) is 3.89. The molecule has 192 valence electrons. The van der Waals surface area contributed by atoms with E-state index < -0.39 is 23.8 Å². The maximum absolute atomic E-state index is 13.9. The fraction of sp³-hybridized carbons (Fsp3) is 0.654. The highest BCUT2D eigenvalue weighted by atomic mass is 32.2. The van der Waals surface area contributed by atoms with Crippen LogP contribution in [-0.4, -0.2) is 59.0 Å². The molecule has 0 saturated carbocycles. The van der Waals surface area contributed by atoms with Gasteiger partial charge in [0.05, 0.1) is 0 Å². The van der Waals surface area contributed by atoms with Crippen molar-refractivity contribution >= 4 is 29.7 Å². The number of nitrogens with zero attached hydrogens (tertiary/aromatic N) is 1. The van der Waals surface area contributed by atoms with Gasteiger partial charge in [-0.25, -0.2) is 4.79 Å². The number of aryl methyl sites for hydroxylation is 1. The van der Waals surface area contributed by atoms with Crippen LogP contribution in [-0.2, 0) is 14.3 Å². The van der Waals surface area contributed by atoms with E-state index in [1.165, 1.54) is 0 Å². The lowest BCUT2D eigenvalue weighted by Gasteiger charge is -2.35. The smallest absolute Gasteiger partial charge is 0.408 e. The van der Waals surface area contributed by atoms with E-state index in [9.17, 15) is 14.4 Å². The van der Waals surface area contributed by atoms with Gasteiger partial charge >= 0.3 is 6.09 Å². The summed E-state index contributed by atoms with van der Waals surface area (Å²) in [7, 11) is 0. The highest BCUT2D eigenvalue weighted by molar-refractivity contribution is 7.98. The van der Waals surface area contributed by atoms with Gasteiger partial charge in [-0.3, -0.25) is 9.59 Å². The van der Waals surface area contributed by atoms with E-state index in [-0.39, 0.29) is 17.9 Å². The van der Waals surface area contributed by atoms with Gasteiger partial charge < -0.3 is 20.3 Å². The molecule has 0 heterocycles. The Balaban J connectivity index is 3.39. The molecule has 0 spiro atoms. The number of amides is 3. The molecule has 2 atom stereocenters. The SMILES string of the molecule is CCCCN(C(=O)C(CCSC)NC(=O)OC(C)(C)C)C(C(=O)NC(C)C)c1ccc(C)cc1. The first-order chi connectivity index (χ1) is 15.9. The van der Waals surface area contributed by atoms with Crippen LogP contribution in [0.1, 0.15) is 78.0 Å². The van der Waals surface area contributed by atoms with Gasteiger partial charge in [0.15, 0.2) is 0 Å². The number of rotatable bonds is 12. The van der Waals surface area contributed by atoms with Crippen LogP contribution >= 0.6 is 11.8 Å². The molecule has 0 aliphatic carbocycles. The highest BCUT2D eigenvalue weighted by Gasteiger charge is 2.36. The molecule has 0 radical (unpaired) electrons. The van der Waals surface area contributed by atoms with E-state index in [0.717, 1.165) is 24.0 Å². The van der Waals surface area contributed by atoms with Crippen molar-refractivity contribution < 1.29 is 19.1 Å². The third kappa shape index (κ3) is 10.4. The zero-order chi connectivity index (χ0) is 25.9. The summed E-state index contributed by atoms with van der Waals surface area (Å²) in [5, 5.41) is 5.74. The van der Waals surface area contributed by atoms with Crippen molar-refractivity contribution in [3.8, 4) is 0 Å².